The first kappa shape index (κ1) is 12.8. The molecular weight excluding hydrogens is 242 g/mol. The van der Waals surface area contributed by atoms with Crippen molar-refractivity contribution in [3.05, 3.63) is 36.5 Å². The number of hydrogen-bond donors (Lipinski definition) is 1. The van der Waals surface area contributed by atoms with Gasteiger partial charge in [0.25, 0.3) is 0 Å². The number of aromatic nitrogens is 1. The van der Waals surface area contributed by atoms with E-state index in [0.29, 0.717) is 0 Å². The summed E-state index contributed by atoms with van der Waals surface area (Å²) in [6, 6.07) is 10.1. The van der Waals surface area contributed by atoms with Gasteiger partial charge in [-0.05, 0) is 38.2 Å². The highest BCUT2D eigenvalue weighted by Gasteiger charge is 2.05. The summed E-state index contributed by atoms with van der Waals surface area (Å²) in [5, 5.41) is 5.09. The van der Waals surface area contributed by atoms with Crippen LogP contribution in [0.1, 0.15) is 13.8 Å². The van der Waals surface area contributed by atoms with Crippen LogP contribution in [-0.4, -0.2) is 28.1 Å². The Balaban J connectivity index is 2.19. The Morgan fingerprint density at radius 3 is 2.72 bits per heavy atom. The summed E-state index contributed by atoms with van der Waals surface area (Å²) in [5.74, 6) is 0. The minimum Gasteiger partial charge on any atom is -0.350 e. The van der Waals surface area contributed by atoms with Crippen LogP contribution >= 0.6 is 12.2 Å². The number of pyridine rings is 1. The molecule has 18 heavy (non-hydrogen) atoms. The van der Waals surface area contributed by atoms with E-state index in [-0.39, 0.29) is 0 Å². The van der Waals surface area contributed by atoms with Crippen LogP contribution in [0.4, 0.5) is 5.69 Å². The zero-order valence-electron chi connectivity index (χ0n) is 10.7. The van der Waals surface area contributed by atoms with Crippen LogP contribution in [0.5, 0.6) is 0 Å². The zero-order chi connectivity index (χ0) is 13.0. The summed E-state index contributed by atoms with van der Waals surface area (Å²) in [6.45, 7) is 6.00. The van der Waals surface area contributed by atoms with E-state index in [4.69, 9.17) is 12.2 Å². The van der Waals surface area contributed by atoms with Gasteiger partial charge in [0, 0.05) is 18.5 Å². The molecule has 3 nitrogen and oxygen atoms in total. The van der Waals surface area contributed by atoms with Crippen LogP contribution in [0.2, 0.25) is 0 Å². The SMILES string of the molecule is CCN(CC)C(=S)Nc1cnc2ccccc2c1. The van der Waals surface area contributed by atoms with Gasteiger partial charge in [-0.1, -0.05) is 18.2 Å². The molecule has 0 aliphatic rings. The molecule has 94 valence electrons. The second kappa shape index (κ2) is 5.78. The molecule has 0 amide bonds. The lowest BCUT2D eigenvalue weighted by Crippen LogP contribution is -2.34. The Hall–Kier alpha value is -1.68. The topological polar surface area (TPSA) is 28.2 Å². The lowest BCUT2D eigenvalue weighted by molar-refractivity contribution is 0.473. The Morgan fingerprint density at radius 2 is 2.00 bits per heavy atom. The highest BCUT2D eigenvalue weighted by molar-refractivity contribution is 7.80. The molecule has 0 spiro atoms. The molecule has 0 fully saturated rings. The van der Waals surface area contributed by atoms with Crippen molar-refractivity contribution in [2.75, 3.05) is 18.4 Å². The molecule has 2 aromatic rings. The highest BCUT2D eigenvalue weighted by atomic mass is 32.1. The fourth-order valence-electron chi connectivity index (χ4n) is 1.85. The van der Waals surface area contributed by atoms with Crippen molar-refractivity contribution in [2.24, 2.45) is 0 Å². The van der Waals surface area contributed by atoms with Gasteiger partial charge in [-0.15, -0.1) is 0 Å². The van der Waals surface area contributed by atoms with Crippen LogP contribution < -0.4 is 5.32 Å². The normalized spacial score (nSPS) is 10.3. The van der Waals surface area contributed by atoms with Crippen molar-refractivity contribution in [1.82, 2.24) is 9.88 Å². The van der Waals surface area contributed by atoms with E-state index in [9.17, 15) is 0 Å². The van der Waals surface area contributed by atoms with Crippen LogP contribution in [0, 0.1) is 0 Å². The van der Waals surface area contributed by atoms with E-state index in [0.717, 1.165) is 34.8 Å². The van der Waals surface area contributed by atoms with E-state index in [1.165, 1.54) is 0 Å². The number of nitrogens with one attached hydrogen (secondary N) is 1. The van der Waals surface area contributed by atoms with Crippen molar-refractivity contribution in [2.45, 2.75) is 13.8 Å². The molecule has 0 aliphatic carbocycles. The molecule has 2 rings (SSSR count). The van der Waals surface area contributed by atoms with Gasteiger partial charge >= 0.3 is 0 Å². The molecule has 0 aliphatic heterocycles. The summed E-state index contributed by atoms with van der Waals surface area (Å²) >= 11 is 5.37. The van der Waals surface area contributed by atoms with E-state index in [1.807, 2.05) is 30.5 Å². The van der Waals surface area contributed by atoms with Crippen LogP contribution in [-0.2, 0) is 0 Å². The maximum absolute atomic E-state index is 5.37. The largest absolute Gasteiger partial charge is 0.350 e. The Labute approximate surface area is 113 Å². The minimum absolute atomic E-state index is 0.747. The number of nitrogens with zero attached hydrogens (tertiary/aromatic N) is 2. The second-order valence-electron chi connectivity index (χ2n) is 4.02. The van der Waals surface area contributed by atoms with Crippen LogP contribution in [0.25, 0.3) is 10.9 Å². The van der Waals surface area contributed by atoms with Gasteiger partial charge in [0.1, 0.15) is 0 Å². The molecule has 0 atom stereocenters. The molecule has 4 heteroatoms. The number of hydrogen-bond acceptors (Lipinski definition) is 2. The van der Waals surface area contributed by atoms with Crippen molar-refractivity contribution in [1.29, 1.82) is 0 Å². The number of thiocarbonyl (C=S) groups is 1. The first-order valence-electron chi connectivity index (χ1n) is 6.15. The van der Waals surface area contributed by atoms with Gasteiger partial charge < -0.3 is 10.2 Å². The summed E-state index contributed by atoms with van der Waals surface area (Å²) < 4.78 is 0. The van der Waals surface area contributed by atoms with Gasteiger partial charge in [-0.3, -0.25) is 4.98 Å². The summed E-state index contributed by atoms with van der Waals surface area (Å²) in [7, 11) is 0. The molecule has 0 saturated heterocycles. The molecule has 1 N–H and O–H groups in total. The molecule has 1 aromatic carbocycles. The standard InChI is InChI=1S/C14H17N3S/c1-3-17(4-2)14(18)16-12-9-11-7-5-6-8-13(11)15-10-12/h5-10H,3-4H2,1-2H3,(H,16,18). The van der Waals surface area contributed by atoms with Crippen LogP contribution in [0.3, 0.4) is 0 Å². The lowest BCUT2D eigenvalue weighted by atomic mass is 10.2. The minimum atomic E-state index is 0.747. The third-order valence-corrected chi connectivity index (χ3v) is 3.25. The second-order valence-corrected chi connectivity index (χ2v) is 4.41. The quantitative estimate of drug-likeness (QED) is 0.856. The molecule has 0 unspecified atom stereocenters. The Bertz CT molecular complexity index is 549. The molecule has 1 heterocycles. The lowest BCUT2D eigenvalue weighted by Gasteiger charge is -2.22. The molecular formula is C14H17N3S. The number of fused-ring (bicyclic) bond motifs is 1. The predicted molar refractivity (Wildman–Crippen MR) is 80.9 cm³/mol. The first-order valence-corrected chi connectivity index (χ1v) is 6.56. The van der Waals surface area contributed by atoms with Crippen LogP contribution in [0.15, 0.2) is 36.5 Å². The number of benzene rings is 1. The maximum Gasteiger partial charge on any atom is 0.173 e. The van der Waals surface area contributed by atoms with Gasteiger partial charge in [-0.25, -0.2) is 0 Å². The summed E-state index contributed by atoms with van der Waals surface area (Å²) in [5.41, 5.74) is 1.93. The molecule has 0 radical (unpaired) electrons. The van der Waals surface area contributed by atoms with Crippen molar-refractivity contribution < 1.29 is 0 Å². The molecule has 0 bridgehead atoms. The van der Waals surface area contributed by atoms with E-state index in [2.05, 4.69) is 35.1 Å². The predicted octanol–water partition coefficient (Wildman–Crippen LogP) is 3.27. The number of rotatable bonds is 3. The van der Waals surface area contributed by atoms with Gasteiger partial charge in [0.15, 0.2) is 5.11 Å². The highest BCUT2D eigenvalue weighted by Crippen LogP contribution is 2.16. The smallest absolute Gasteiger partial charge is 0.173 e. The summed E-state index contributed by atoms with van der Waals surface area (Å²) in [4.78, 5) is 6.51. The van der Waals surface area contributed by atoms with E-state index < -0.39 is 0 Å². The molecule has 0 saturated carbocycles. The molecule has 1 aromatic heterocycles. The third-order valence-electron chi connectivity index (χ3n) is 2.89. The Kier molecular flexibility index (Phi) is 4.10. The average molecular weight is 259 g/mol. The number of para-hydroxylation sites is 1. The van der Waals surface area contributed by atoms with Gasteiger partial charge in [0.05, 0.1) is 17.4 Å². The number of anilines is 1. The van der Waals surface area contributed by atoms with Crippen molar-refractivity contribution in [3.63, 3.8) is 0 Å². The van der Waals surface area contributed by atoms with E-state index in [1.54, 1.807) is 0 Å². The zero-order valence-corrected chi connectivity index (χ0v) is 11.5. The van der Waals surface area contributed by atoms with Crippen molar-refractivity contribution in [3.8, 4) is 0 Å². The average Bonchev–Trinajstić information content (AvgIpc) is 2.40. The fourth-order valence-corrected chi connectivity index (χ4v) is 2.23. The van der Waals surface area contributed by atoms with Crippen molar-refractivity contribution >= 4 is 33.9 Å². The Morgan fingerprint density at radius 1 is 1.28 bits per heavy atom. The fraction of sp³-hybridized carbons (Fsp3) is 0.286. The third kappa shape index (κ3) is 2.76. The maximum atomic E-state index is 5.37. The first-order chi connectivity index (χ1) is 8.74. The van der Waals surface area contributed by atoms with Gasteiger partial charge in [0.2, 0.25) is 0 Å². The summed E-state index contributed by atoms with van der Waals surface area (Å²) in [6.07, 6.45) is 1.82. The van der Waals surface area contributed by atoms with Gasteiger partial charge in [-0.2, -0.15) is 0 Å². The van der Waals surface area contributed by atoms with E-state index >= 15 is 0 Å². The monoisotopic (exact) mass is 259 g/mol.